The van der Waals surface area contributed by atoms with Crippen molar-refractivity contribution in [2.45, 2.75) is 64.9 Å². The molecule has 1 saturated heterocycles. The minimum atomic E-state index is -2.96. The van der Waals surface area contributed by atoms with Crippen LogP contribution in [-0.4, -0.2) is 50.5 Å². The Balaban J connectivity index is 1.43. The minimum absolute atomic E-state index is 0.00379. The zero-order valence-electron chi connectivity index (χ0n) is 22.2. The molecule has 0 aliphatic carbocycles. The molecule has 0 N–H and O–H groups in total. The fourth-order valence-corrected chi connectivity index (χ4v) is 5.54. The molecule has 206 valence electrons. The molecule has 3 atom stereocenters. The average molecular weight is 542 g/mol. The zero-order chi connectivity index (χ0) is 27.8. The SMILES string of the molecule is CC1=Nc2c(OCc3c(C)cc(F)cc3[C@H](C)N3CC(OC(F)F)CC3=O)cccc2C(c2ncnn2C)C1. The summed E-state index contributed by atoms with van der Waals surface area (Å²) >= 11 is 0. The fraction of sp³-hybridized carbons (Fsp3) is 0.429. The first kappa shape index (κ1) is 26.9. The van der Waals surface area contributed by atoms with Gasteiger partial charge >= 0.3 is 6.61 Å². The van der Waals surface area contributed by atoms with E-state index in [1.165, 1.54) is 23.4 Å². The number of aliphatic imine (C=N–C) groups is 1. The van der Waals surface area contributed by atoms with Gasteiger partial charge < -0.3 is 14.4 Å². The molecule has 3 aromatic rings. The van der Waals surface area contributed by atoms with Crippen LogP contribution < -0.4 is 4.74 Å². The van der Waals surface area contributed by atoms with Gasteiger partial charge in [-0.15, -0.1) is 0 Å². The molecule has 3 heterocycles. The van der Waals surface area contributed by atoms with Crippen molar-refractivity contribution in [1.29, 1.82) is 0 Å². The lowest BCUT2D eigenvalue weighted by molar-refractivity contribution is -0.159. The van der Waals surface area contributed by atoms with E-state index in [1.54, 1.807) is 18.5 Å². The van der Waals surface area contributed by atoms with Gasteiger partial charge in [-0.05, 0) is 67.6 Å². The number of nitrogens with zero attached hydrogens (tertiary/aromatic N) is 5. The highest BCUT2D eigenvalue weighted by molar-refractivity contribution is 5.89. The van der Waals surface area contributed by atoms with E-state index in [9.17, 15) is 18.0 Å². The summed E-state index contributed by atoms with van der Waals surface area (Å²) in [5, 5.41) is 4.22. The van der Waals surface area contributed by atoms with Crippen LogP contribution in [-0.2, 0) is 23.2 Å². The van der Waals surface area contributed by atoms with E-state index < -0.39 is 24.6 Å². The smallest absolute Gasteiger partial charge is 0.345 e. The van der Waals surface area contributed by atoms with Gasteiger partial charge in [-0.1, -0.05) is 12.1 Å². The molecule has 2 unspecified atom stereocenters. The van der Waals surface area contributed by atoms with Crippen molar-refractivity contribution >= 4 is 17.3 Å². The van der Waals surface area contributed by atoms with Gasteiger partial charge in [0.05, 0.1) is 24.5 Å². The highest BCUT2D eigenvalue weighted by Gasteiger charge is 2.36. The van der Waals surface area contributed by atoms with Crippen LogP contribution in [0.3, 0.4) is 0 Å². The maximum absolute atomic E-state index is 14.5. The van der Waals surface area contributed by atoms with Gasteiger partial charge in [0.2, 0.25) is 5.91 Å². The molecule has 2 aromatic carbocycles. The minimum Gasteiger partial charge on any atom is -0.487 e. The topological polar surface area (TPSA) is 81.8 Å². The molecular weight excluding hydrogens is 511 g/mol. The lowest BCUT2D eigenvalue weighted by Gasteiger charge is -2.28. The van der Waals surface area contributed by atoms with Gasteiger partial charge in [0.25, 0.3) is 0 Å². The molecule has 0 radical (unpaired) electrons. The van der Waals surface area contributed by atoms with E-state index in [0.717, 1.165) is 17.1 Å². The summed E-state index contributed by atoms with van der Waals surface area (Å²) in [7, 11) is 1.86. The third-order valence-electron chi connectivity index (χ3n) is 7.45. The van der Waals surface area contributed by atoms with Gasteiger partial charge in [0.15, 0.2) is 0 Å². The number of aromatic nitrogens is 3. The second kappa shape index (κ2) is 10.8. The van der Waals surface area contributed by atoms with E-state index in [-0.39, 0.29) is 31.4 Å². The highest BCUT2D eigenvalue weighted by atomic mass is 19.3. The number of ether oxygens (including phenoxy) is 2. The number of rotatable bonds is 8. The predicted octanol–water partition coefficient (Wildman–Crippen LogP) is 5.37. The lowest BCUT2D eigenvalue weighted by Crippen LogP contribution is -2.31. The Kier molecular flexibility index (Phi) is 7.44. The Morgan fingerprint density at radius 3 is 2.69 bits per heavy atom. The van der Waals surface area contributed by atoms with Crippen LogP contribution in [0.1, 0.15) is 66.7 Å². The molecule has 0 saturated carbocycles. The van der Waals surface area contributed by atoms with Crippen LogP contribution in [0.5, 0.6) is 5.75 Å². The summed E-state index contributed by atoms with van der Waals surface area (Å²) < 4.78 is 52.6. The summed E-state index contributed by atoms with van der Waals surface area (Å²) in [5.74, 6) is 0.607. The number of para-hydroxylation sites is 1. The number of halogens is 3. The van der Waals surface area contributed by atoms with Crippen molar-refractivity contribution in [3.63, 3.8) is 0 Å². The quantitative estimate of drug-likeness (QED) is 0.383. The van der Waals surface area contributed by atoms with Gasteiger partial charge in [-0.3, -0.25) is 14.5 Å². The van der Waals surface area contributed by atoms with Crippen LogP contribution in [0.4, 0.5) is 18.9 Å². The van der Waals surface area contributed by atoms with Gasteiger partial charge in [0, 0.05) is 19.3 Å². The molecule has 2 aliphatic rings. The van der Waals surface area contributed by atoms with Crippen LogP contribution in [0, 0.1) is 12.7 Å². The normalized spacial score (nSPS) is 19.8. The summed E-state index contributed by atoms with van der Waals surface area (Å²) in [5.41, 5.74) is 4.56. The van der Waals surface area contributed by atoms with Crippen molar-refractivity contribution < 1.29 is 27.4 Å². The van der Waals surface area contributed by atoms with E-state index >= 15 is 0 Å². The van der Waals surface area contributed by atoms with Crippen molar-refractivity contribution in [3.05, 3.63) is 70.6 Å². The summed E-state index contributed by atoms with van der Waals surface area (Å²) in [4.78, 5) is 23.3. The molecule has 1 fully saturated rings. The average Bonchev–Trinajstić information content (AvgIpc) is 3.46. The van der Waals surface area contributed by atoms with Crippen molar-refractivity contribution in [1.82, 2.24) is 19.7 Å². The molecule has 1 aromatic heterocycles. The van der Waals surface area contributed by atoms with Crippen LogP contribution in [0.25, 0.3) is 0 Å². The van der Waals surface area contributed by atoms with Gasteiger partial charge in [-0.2, -0.15) is 13.9 Å². The van der Waals surface area contributed by atoms with E-state index in [4.69, 9.17) is 9.73 Å². The number of likely N-dealkylation sites (tertiary alicyclic amines) is 1. The zero-order valence-corrected chi connectivity index (χ0v) is 22.2. The number of amides is 1. The summed E-state index contributed by atoms with van der Waals surface area (Å²) in [6, 6.07) is 7.97. The molecule has 2 aliphatic heterocycles. The molecule has 11 heteroatoms. The first-order valence-corrected chi connectivity index (χ1v) is 12.8. The molecular formula is C28H30F3N5O3. The molecule has 39 heavy (non-hydrogen) atoms. The third kappa shape index (κ3) is 5.40. The second-order valence-corrected chi connectivity index (χ2v) is 10.1. The lowest BCUT2D eigenvalue weighted by atomic mass is 9.88. The van der Waals surface area contributed by atoms with Crippen LogP contribution in [0.15, 0.2) is 41.7 Å². The Morgan fingerprint density at radius 2 is 1.97 bits per heavy atom. The van der Waals surface area contributed by atoms with Crippen LogP contribution >= 0.6 is 0 Å². The number of alkyl halides is 2. The molecule has 1 amide bonds. The number of hydrogen-bond donors (Lipinski definition) is 0. The number of aryl methyl sites for hydroxylation is 2. The number of benzene rings is 2. The standard InChI is InChI=1S/C28H30F3N5O3/c1-15-8-18(29)10-21(17(3)36-12-19(11-25(36)37)39-28(30)31)23(15)13-38-24-7-5-6-20-22(9-16(2)34-26(20)24)27-32-14-33-35(27)4/h5-8,10,14,17,19,22,28H,9,11-13H2,1-4H3/t17-,19?,22?/m0/s1. The Labute approximate surface area is 224 Å². The number of carbonyl (C=O) groups excluding carboxylic acids is 1. The van der Waals surface area contributed by atoms with E-state index in [0.29, 0.717) is 34.5 Å². The Morgan fingerprint density at radius 1 is 1.18 bits per heavy atom. The Hall–Kier alpha value is -3.73. The molecule has 0 spiro atoms. The predicted molar refractivity (Wildman–Crippen MR) is 138 cm³/mol. The number of fused-ring (bicyclic) bond motifs is 1. The molecule has 5 rings (SSSR count). The maximum atomic E-state index is 14.5. The van der Waals surface area contributed by atoms with E-state index in [1.807, 2.05) is 32.2 Å². The van der Waals surface area contributed by atoms with Crippen molar-refractivity contribution in [2.24, 2.45) is 12.0 Å². The van der Waals surface area contributed by atoms with Gasteiger partial charge in [0.1, 0.15) is 36.0 Å². The fourth-order valence-electron chi connectivity index (χ4n) is 5.54. The molecule has 0 bridgehead atoms. The second-order valence-electron chi connectivity index (χ2n) is 10.1. The van der Waals surface area contributed by atoms with Crippen molar-refractivity contribution in [3.8, 4) is 5.75 Å². The van der Waals surface area contributed by atoms with E-state index in [2.05, 4.69) is 14.8 Å². The monoisotopic (exact) mass is 541 g/mol. The van der Waals surface area contributed by atoms with Gasteiger partial charge in [-0.25, -0.2) is 9.37 Å². The first-order chi connectivity index (χ1) is 18.6. The summed E-state index contributed by atoms with van der Waals surface area (Å²) in [6.45, 7) is 2.64. The highest BCUT2D eigenvalue weighted by Crippen LogP contribution is 2.44. The third-order valence-corrected chi connectivity index (χ3v) is 7.45. The largest absolute Gasteiger partial charge is 0.487 e. The Bertz CT molecular complexity index is 1420. The number of hydrogen-bond acceptors (Lipinski definition) is 6. The molecule has 8 nitrogen and oxygen atoms in total. The first-order valence-electron chi connectivity index (χ1n) is 12.8. The number of carbonyl (C=O) groups is 1. The summed E-state index contributed by atoms with van der Waals surface area (Å²) in [6.07, 6.45) is 1.19. The van der Waals surface area contributed by atoms with Crippen molar-refractivity contribution in [2.75, 3.05) is 6.54 Å². The van der Waals surface area contributed by atoms with Crippen LogP contribution in [0.2, 0.25) is 0 Å². The maximum Gasteiger partial charge on any atom is 0.345 e.